The van der Waals surface area contributed by atoms with Gasteiger partial charge in [0, 0.05) is 19.6 Å². The molecule has 3 aliphatic rings. The monoisotopic (exact) mass is 265 g/mol. The molecule has 3 rings (SSSR count). The highest BCUT2D eigenvalue weighted by Gasteiger charge is 2.48. The third kappa shape index (κ3) is 2.71. The topological polar surface area (TPSA) is 12.5 Å². The van der Waals surface area contributed by atoms with E-state index in [1.807, 2.05) is 0 Å². The van der Waals surface area contributed by atoms with Crippen LogP contribution in [0.15, 0.2) is 0 Å². The van der Waals surface area contributed by atoms with Gasteiger partial charge in [0.25, 0.3) is 0 Å². The molecule has 2 aliphatic carbocycles. The maximum atomic E-state index is 5.47. The lowest BCUT2D eigenvalue weighted by Crippen LogP contribution is -2.43. The fraction of sp³-hybridized carbons (Fsp3) is 1.00. The van der Waals surface area contributed by atoms with E-state index in [-0.39, 0.29) is 0 Å². The fourth-order valence-corrected chi connectivity index (χ4v) is 5.36. The molecule has 0 bridgehead atoms. The standard InChI is InChI=1S/C17H31NO/c1-14(13-18-9-11-19-12-10-18)16-7-6-15-5-3-4-8-17(15,16)2/h14-16H,3-13H2,1-2H3/t14-,15+,16-,17-/m1/s1. The summed E-state index contributed by atoms with van der Waals surface area (Å²) in [7, 11) is 0. The fourth-order valence-electron chi connectivity index (χ4n) is 5.36. The molecule has 2 nitrogen and oxygen atoms in total. The minimum Gasteiger partial charge on any atom is -0.379 e. The molecule has 0 spiro atoms. The molecular weight excluding hydrogens is 234 g/mol. The van der Waals surface area contributed by atoms with Gasteiger partial charge in [-0.1, -0.05) is 26.7 Å². The van der Waals surface area contributed by atoms with Crippen LogP contribution in [-0.4, -0.2) is 37.7 Å². The van der Waals surface area contributed by atoms with Crippen LogP contribution in [0.5, 0.6) is 0 Å². The Morgan fingerprint density at radius 2 is 1.95 bits per heavy atom. The van der Waals surface area contributed by atoms with E-state index in [2.05, 4.69) is 18.7 Å². The van der Waals surface area contributed by atoms with Gasteiger partial charge >= 0.3 is 0 Å². The van der Waals surface area contributed by atoms with Crippen LogP contribution in [-0.2, 0) is 4.74 Å². The van der Waals surface area contributed by atoms with E-state index in [9.17, 15) is 0 Å². The summed E-state index contributed by atoms with van der Waals surface area (Å²) in [5.41, 5.74) is 0.671. The van der Waals surface area contributed by atoms with E-state index in [1.165, 1.54) is 45.1 Å². The molecule has 1 saturated heterocycles. The molecule has 0 unspecified atom stereocenters. The molecule has 2 heteroatoms. The molecule has 0 aromatic rings. The molecule has 1 heterocycles. The first-order chi connectivity index (χ1) is 9.20. The lowest BCUT2D eigenvalue weighted by Gasteiger charge is -2.44. The highest BCUT2D eigenvalue weighted by Crippen LogP contribution is 2.57. The number of morpholine rings is 1. The van der Waals surface area contributed by atoms with Crippen molar-refractivity contribution in [3.05, 3.63) is 0 Å². The van der Waals surface area contributed by atoms with E-state index >= 15 is 0 Å². The van der Waals surface area contributed by atoms with E-state index < -0.39 is 0 Å². The zero-order chi connectivity index (χ0) is 13.3. The van der Waals surface area contributed by atoms with Crippen molar-refractivity contribution in [3.8, 4) is 0 Å². The Balaban J connectivity index is 1.61. The predicted octanol–water partition coefficient (Wildman–Crippen LogP) is 3.56. The van der Waals surface area contributed by atoms with Gasteiger partial charge in [0.15, 0.2) is 0 Å². The highest BCUT2D eigenvalue weighted by molar-refractivity contribution is 4.99. The van der Waals surface area contributed by atoms with Crippen LogP contribution < -0.4 is 0 Å². The van der Waals surface area contributed by atoms with Crippen molar-refractivity contribution < 1.29 is 4.74 Å². The number of hydrogen-bond donors (Lipinski definition) is 0. The summed E-state index contributed by atoms with van der Waals surface area (Å²) in [5.74, 6) is 2.88. The lowest BCUT2D eigenvalue weighted by molar-refractivity contribution is 0.0113. The Morgan fingerprint density at radius 1 is 1.16 bits per heavy atom. The average Bonchev–Trinajstić information content (AvgIpc) is 2.77. The average molecular weight is 265 g/mol. The van der Waals surface area contributed by atoms with Crippen LogP contribution in [0, 0.1) is 23.2 Å². The number of rotatable bonds is 3. The van der Waals surface area contributed by atoms with Crippen molar-refractivity contribution in [2.45, 2.75) is 52.4 Å². The van der Waals surface area contributed by atoms with Crippen LogP contribution >= 0.6 is 0 Å². The quantitative estimate of drug-likeness (QED) is 0.773. The Kier molecular flexibility index (Phi) is 4.19. The summed E-state index contributed by atoms with van der Waals surface area (Å²) < 4.78 is 5.47. The molecule has 3 fully saturated rings. The number of fused-ring (bicyclic) bond motifs is 1. The number of nitrogens with zero attached hydrogens (tertiary/aromatic N) is 1. The molecule has 0 N–H and O–H groups in total. The molecule has 19 heavy (non-hydrogen) atoms. The van der Waals surface area contributed by atoms with Crippen molar-refractivity contribution >= 4 is 0 Å². The summed E-state index contributed by atoms with van der Waals surface area (Å²) in [6, 6.07) is 0. The molecule has 0 aromatic carbocycles. The SMILES string of the molecule is C[C@H](CN1CCOCC1)[C@H]1CC[C@@H]2CCCC[C@]21C. The largest absolute Gasteiger partial charge is 0.379 e. The van der Waals surface area contributed by atoms with Gasteiger partial charge in [0.2, 0.25) is 0 Å². The zero-order valence-corrected chi connectivity index (χ0v) is 12.9. The summed E-state index contributed by atoms with van der Waals surface area (Å²) >= 11 is 0. The van der Waals surface area contributed by atoms with E-state index in [0.29, 0.717) is 5.41 Å². The summed E-state index contributed by atoms with van der Waals surface area (Å²) in [4.78, 5) is 2.63. The highest BCUT2D eigenvalue weighted by atomic mass is 16.5. The minimum absolute atomic E-state index is 0.671. The van der Waals surface area contributed by atoms with Gasteiger partial charge < -0.3 is 4.74 Å². The van der Waals surface area contributed by atoms with Crippen molar-refractivity contribution in [2.75, 3.05) is 32.8 Å². The van der Waals surface area contributed by atoms with Crippen LogP contribution in [0.4, 0.5) is 0 Å². The molecule has 2 saturated carbocycles. The maximum Gasteiger partial charge on any atom is 0.0594 e. The van der Waals surface area contributed by atoms with Gasteiger partial charge in [-0.3, -0.25) is 4.90 Å². The molecule has 0 aromatic heterocycles. The summed E-state index contributed by atoms with van der Waals surface area (Å²) in [5, 5.41) is 0. The Morgan fingerprint density at radius 3 is 2.74 bits per heavy atom. The van der Waals surface area contributed by atoms with Gasteiger partial charge in [-0.05, 0) is 48.9 Å². The first kappa shape index (κ1) is 13.9. The predicted molar refractivity (Wildman–Crippen MR) is 79.2 cm³/mol. The molecule has 0 radical (unpaired) electrons. The number of hydrogen-bond acceptors (Lipinski definition) is 2. The van der Waals surface area contributed by atoms with Crippen LogP contribution in [0.3, 0.4) is 0 Å². The Labute approximate surface area is 118 Å². The van der Waals surface area contributed by atoms with Crippen molar-refractivity contribution in [1.29, 1.82) is 0 Å². The van der Waals surface area contributed by atoms with E-state index in [0.717, 1.165) is 44.1 Å². The van der Waals surface area contributed by atoms with E-state index in [1.54, 1.807) is 0 Å². The minimum atomic E-state index is 0.671. The zero-order valence-electron chi connectivity index (χ0n) is 12.9. The first-order valence-corrected chi connectivity index (χ1v) is 8.50. The maximum absolute atomic E-state index is 5.47. The van der Waals surface area contributed by atoms with Gasteiger partial charge in [-0.15, -0.1) is 0 Å². The smallest absolute Gasteiger partial charge is 0.0594 e. The molecule has 0 amide bonds. The van der Waals surface area contributed by atoms with Gasteiger partial charge in [-0.25, -0.2) is 0 Å². The Bertz CT molecular complexity index is 300. The second kappa shape index (κ2) is 5.73. The molecule has 1 aliphatic heterocycles. The van der Waals surface area contributed by atoms with Gasteiger partial charge in [0.05, 0.1) is 13.2 Å². The summed E-state index contributed by atoms with van der Waals surface area (Å²) in [6.45, 7) is 10.6. The van der Waals surface area contributed by atoms with Crippen molar-refractivity contribution in [1.82, 2.24) is 4.90 Å². The van der Waals surface area contributed by atoms with E-state index in [4.69, 9.17) is 4.74 Å². The van der Waals surface area contributed by atoms with Gasteiger partial charge in [0.1, 0.15) is 0 Å². The normalized spacial score (nSPS) is 42.0. The second-order valence-electron chi connectivity index (χ2n) is 7.52. The van der Waals surface area contributed by atoms with Crippen molar-refractivity contribution in [3.63, 3.8) is 0 Å². The Hall–Kier alpha value is -0.0800. The third-order valence-electron chi connectivity index (χ3n) is 6.46. The first-order valence-electron chi connectivity index (χ1n) is 8.50. The van der Waals surface area contributed by atoms with Crippen LogP contribution in [0.25, 0.3) is 0 Å². The molecule has 4 atom stereocenters. The third-order valence-corrected chi connectivity index (χ3v) is 6.46. The van der Waals surface area contributed by atoms with Crippen molar-refractivity contribution in [2.24, 2.45) is 23.2 Å². The van der Waals surface area contributed by atoms with Crippen LogP contribution in [0.2, 0.25) is 0 Å². The van der Waals surface area contributed by atoms with Crippen LogP contribution in [0.1, 0.15) is 52.4 Å². The lowest BCUT2D eigenvalue weighted by atomic mass is 9.63. The molecule has 110 valence electrons. The number of ether oxygens (including phenoxy) is 1. The van der Waals surface area contributed by atoms with Gasteiger partial charge in [-0.2, -0.15) is 0 Å². The summed E-state index contributed by atoms with van der Waals surface area (Å²) in [6.07, 6.45) is 8.98. The second-order valence-corrected chi connectivity index (χ2v) is 7.52. The molecular formula is C17H31NO.